The highest BCUT2D eigenvalue weighted by Gasteiger charge is 2.38. The van der Waals surface area contributed by atoms with Gasteiger partial charge in [0.05, 0.1) is 12.0 Å². The molecule has 2 aliphatic rings. The van der Waals surface area contributed by atoms with Gasteiger partial charge in [-0.2, -0.15) is 0 Å². The third-order valence-electron chi connectivity index (χ3n) is 4.88. The zero-order chi connectivity index (χ0) is 16.8. The molecule has 3 atom stereocenters. The van der Waals surface area contributed by atoms with Crippen molar-refractivity contribution in [1.82, 2.24) is 0 Å². The fourth-order valence-corrected chi connectivity index (χ4v) is 4.43. The van der Waals surface area contributed by atoms with Gasteiger partial charge in [0.15, 0.2) is 0 Å². The van der Waals surface area contributed by atoms with Crippen LogP contribution in [-0.2, 0) is 0 Å². The second-order valence-electron chi connectivity index (χ2n) is 6.23. The Morgan fingerprint density at radius 1 is 1.25 bits per heavy atom. The van der Waals surface area contributed by atoms with Crippen LogP contribution in [0.25, 0.3) is 0 Å². The summed E-state index contributed by atoms with van der Waals surface area (Å²) in [5.74, 6) is -0.629. The summed E-state index contributed by atoms with van der Waals surface area (Å²) < 4.78 is 0.756. The molecule has 0 saturated heterocycles. The maximum absolute atomic E-state index is 11.6. The molecule has 0 unspecified atom stereocenters. The molecule has 0 bridgehead atoms. The molecule has 0 amide bonds. The van der Waals surface area contributed by atoms with Gasteiger partial charge in [-0.3, -0.25) is 0 Å². The number of carboxylic acid groups (broad SMARTS) is 1. The van der Waals surface area contributed by atoms with Gasteiger partial charge >= 0.3 is 0 Å². The van der Waals surface area contributed by atoms with Gasteiger partial charge in [-0.1, -0.05) is 51.8 Å². The first-order valence-corrected chi connectivity index (χ1v) is 8.95. The quantitative estimate of drug-likeness (QED) is 0.761. The van der Waals surface area contributed by atoms with Crippen LogP contribution >= 0.6 is 27.5 Å². The van der Waals surface area contributed by atoms with Crippen molar-refractivity contribution >= 4 is 39.2 Å². The van der Waals surface area contributed by atoms with E-state index in [1.54, 1.807) is 6.07 Å². The number of rotatable bonds is 2. The molecule has 0 spiro atoms. The topological polar surface area (TPSA) is 52.2 Å². The van der Waals surface area contributed by atoms with E-state index in [-0.39, 0.29) is 17.5 Å². The van der Waals surface area contributed by atoms with E-state index in [2.05, 4.69) is 33.4 Å². The van der Waals surface area contributed by atoms with Crippen LogP contribution in [0.2, 0.25) is 5.02 Å². The molecule has 5 heteroatoms. The molecule has 2 aromatic carbocycles. The van der Waals surface area contributed by atoms with Gasteiger partial charge in [-0.15, -0.1) is 0 Å². The highest BCUT2D eigenvalue weighted by molar-refractivity contribution is 9.10. The summed E-state index contributed by atoms with van der Waals surface area (Å²) in [5, 5.41) is 15.7. The minimum Gasteiger partial charge on any atom is -0.545 e. The summed E-state index contributed by atoms with van der Waals surface area (Å²) in [6.45, 7) is 0. The molecule has 24 heavy (non-hydrogen) atoms. The lowest BCUT2D eigenvalue weighted by atomic mass is 9.76. The third-order valence-corrected chi connectivity index (χ3v) is 5.59. The summed E-state index contributed by atoms with van der Waals surface area (Å²) in [6, 6.07) is 11.4. The van der Waals surface area contributed by atoms with Crippen LogP contribution in [0.3, 0.4) is 0 Å². The fourth-order valence-electron chi connectivity index (χ4n) is 3.83. The Morgan fingerprint density at radius 2 is 2.00 bits per heavy atom. The van der Waals surface area contributed by atoms with Crippen LogP contribution in [-0.4, -0.2) is 5.97 Å². The van der Waals surface area contributed by atoms with E-state index >= 15 is 0 Å². The largest absolute Gasteiger partial charge is 0.545 e. The van der Waals surface area contributed by atoms with Crippen molar-refractivity contribution in [2.75, 3.05) is 5.32 Å². The van der Waals surface area contributed by atoms with Gasteiger partial charge in [0, 0.05) is 26.7 Å². The molecule has 1 N–H and O–H groups in total. The predicted molar refractivity (Wildman–Crippen MR) is 96.3 cm³/mol. The number of fused-ring (bicyclic) bond motifs is 3. The molecule has 1 heterocycles. The lowest BCUT2D eigenvalue weighted by Crippen LogP contribution is -2.32. The third kappa shape index (κ3) is 2.54. The number of aromatic carboxylic acids is 1. The van der Waals surface area contributed by atoms with Crippen molar-refractivity contribution < 1.29 is 9.90 Å². The highest BCUT2D eigenvalue weighted by Crippen LogP contribution is 2.51. The van der Waals surface area contributed by atoms with Gasteiger partial charge < -0.3 is 15.2 Å². The van der Waals surface area contributed by atoms with Crippen LogP contribution < -0.4 is 10.4 Å². The summed E-state index contributed by atoms with van der Waals surface area (Å²) in [5.41, 5.74) is 2.96. The number of benzene rings is 2. The van der Waals surface area contributed by atoms with E-state index in [4.69, 9.17) is 11.6 Å². The zero-order valence-corrected chi connectivity index (χ0v) is 15.0. The minimum atomic E-state index is -1.17. The van der Waals surface area contributed by atoms with Gasteiger partial charge in [-0.05, 0) is 47.7 Å². The SMILES string of the molecule is O=C([O-])c1cc(Br)cc2c1N[C@@H](c1ccc(Cl)cc1)[C@H]1CC=C[C@H]21. The normalized spacial score (nSPS) is 24.2. The van der Waals surface area contributed by atoms with Gasteiger partial charge in [-0.25, -0.2) is 0 Å². The Hall–Kier alpha value is -1.78. The second kappa shape index (κ2) is 5.94. The average Bonchev–Trinajstić information content (AvgIpc) is 3.04. The maximum Gasteiger partial charge on any atom is 0.0736 e. The second-order valence-corrected chi connectivity index (χ2v) is 7.58. The van der Waals surface area contributed by atoms with Crippen LogP contribution in [0.4, 0.5) is 5.69 Å². The monoisotopic (exact) mass is 402 g/mol. The Balaban J connectivity index is 1.86. The lowest BCUT2D eigenvalue weighted by molar-refractivity contribution is -0.254. The van der Waals surface area contributed by atoms with Crippen LogP contribution in [0.15, 0.2) is 53.0 Å². The summed E-state index contributed by atoms with van der Waals surface area (Å²) >= 11 is 9.42. The van der Waals surface area contributed by atoms with Crippen molar-refractivity contribution in [2.24, 2.45) is 5.92 Å². The molecular formula is C19H14BrClNO2-. The molecule has 1 aliphatic carbocycles. The molecule has 3 nitrogen and oxygen atoms in total. The summed E-state index contributed by atoms with van der Waals surface area (Å²) in [4.78, 5) is 11.6. The molecule has 0 fully saturated rings. The fraction of sp³-hybridized carbons (Fsp3) is 0.211. The van der Waals surface area contributed by atoms with Crippen LogP contribution in [0.1, 0.15) is 39.9 Å². The molecule has 0 aromatic heterocycles. The standard InChI is InChI=1S/C19H15BrClNO2/c20-11-8-15-13-2-1-3-14(13)17(10-4-6-12(21)7-5-10)22-18(15)16(9-11)19(23)24/h1-2,4-9,13-14,17,22H,3H2,(H,23,24)/p-1/t13-,14-,17-/m0/s1. The number of hydrogen-bond donors (Lipinski definition) is 1. The van der Waals surface area contributed by atoms with Gasteiger partial charge in [0.1, 0.15) is 0 Å². The smallest absolute Gasteiger partial charge is 0.0736 e. The molecule has 2 aromatic rings. The Morgan fingerprint density at radius 3 is 2.71 bits per heavy atom. The Bertz CT molecular complexity index is 847. The van der Waals surface area contributed by atoms with E-state index in [0.29, 0.717) is 16.6 Å². The zero-order valence-electron chi connectivity index (χ0n) is 12.6. The van der Waals surface area contributed by atoms with Crippen molar-refractivity contribution in [2.45, 2.75) is 18.4 Å². The molecule has 122 valence electrons. The first kappa shape index (κ1) is 15.7. The summed E-state index contributed by atoms with van der Waals surface area (Å²) in [6.07, 6.45) is 5.31. The van der Waals surface area contributed by atoms with Crippen LogP contribution in [0.5, 0.6) is 0 Å². The number of carboxylic acids is 1. The molecule has 4 rings (SSSR count). The van der Waals surface area contributed by atoms with E-state index in [9.17, 15) is 9.90 Å². The van der Waals surface area contributed by atoms with E-state index in [0.717, 1.165) is 22.0 Å². The number of hydrogen-bond acceptors (Lipinski definition) is 3. The first-order valence-electron chi connectivity index (χ1n) is 7.78. The highest BCUT2D eigenvalue weighted by atomic mass is 79.9. The predicted octanol–water partition coefficient (Wildman–Crippen LogP) is 4.29. The van der Waals surface area contributed by atoms with Crippen molar-refractivity contribution in [3.8, 4) is 0 Å². The lowest BCUT2D eigenvalue weighted by Gasteiger charge is -2.39. The van der Waals surface area contributed by atoms with E-state index in [1.165, 1.54) is 0 Å². The van der Waals surface area contributed by atoms with Crippen molar-refractivity contribution in [3.05, 3.63) is 74.7 Å². The number of nitrogens with one attached hydrogen (secondary N) is 1. The maximum atomic E-state index is 11.6. The number of halogens is 2. The number of allylic oxidation sites excluding steroid dienone is 2. The molecule has 0 saturated carbocycles. The molecular weight excluding hydrogens is 390 g/mol. The summed E-state index contributed by atoms with van der Waals surface area (Å²) in [7, 11) is 0. The number of anilines is 1. The number of carbonyl (C=O) groups is 1. The van der Waals surface area contributed by atoms with Crippen molar-refractivity contribution in [1.29, 1.82) is 0 Å². The van der Waals surface area contributed by atoms with Gasteiger partial charge in [0.2, 0.25) is 0 Å². The molecule has 0 radical (unpaired) electrons. The van der Waals surface area contributed by atoms with E-state index < -0.39 is 5.97 Å². The van der Waals surface area contributed by atoms with E-state index in [1.807, 2.05) is 30.3 Å². The average molecular weight is 404 g/mol. The van der Waals surface area contributed by atoms with Crippen LogP contribution in [0, 0.1) is 5.92 Å². The Kier molecular flexibility index (Phi) is 3.89. The first-order chi connectivity index (χ1) is 11.5. The Labute approximate surface area is 153 Å². The molecule has 1 aliphatic heterocycles. The van der Waals surface area contributed by atoms with Crippen molar-refractivity contribution in [3.63, 3.8) is 0 Å². The van der Waals surface area contributed by atoms with Gasteiger partial charge in [0.25, 0.3) is 0 Å². The number of carbonyl (C=O) groups excluding carboxylic acids is 1. The minimum absolute atomic E-state index is 0.0362.